The van der Waals surface area contributed by atoms with Gasteiger partial charge in [0.25, 0.3) is 0 Å². The molecule has 2 rings (SSSR count). The van der Waals surface area contributed by atoms with Crippen LogP contribution in [0.2, 0.25) is 0 Å². The van der Waals surface area contributed by atoms with E-state index in [1.165, 1.54) is 11.8 Å². The largest absolute Gasteiger partial charge is 0.322 e. The smallest absolute Gasteiger partial charge is 0.319 e. The van der Waals surface area contributed by atoms with Crippen LogP contribution < -0.4 is 10.2 Å². The van der Waals surface area contributed by atoms with Gasteiger partial charge in [0.05, 0.1) is 16.7 Å². The predicted octanol–water partition coefficient (Wildman–Crippen LogP) is 3.97. The Morgan fingerprint density at radius 2 is 1.92 bits per heavy atom. The van der Waals surface area contributed by atoms with Crippen molar-refractivity contribution in [1.29, 1.82) is 0 Å². The fourth-order valence-corrected chi connectivity index (χ4v) is 3.39. The summed E-state index contributed by atoms with van der Waals surface area (Å²) in [7, 11) is 3.45. The molecule has 1 heterocycles. The Labute approximate surface area is 152 Å². The molecule has 3 amide bonds. The van der Waals surface area contributed by atoms with E-state index in [9.17, 15) is 9.59 Å². The van der Waals surface area contributed by atoms with E-state index >= 15 is 0 Å². The minimum Gasteiger partial charge on any atom is -0.319 e. The molecule has 25 heavy (non-hydrogen) atoms. The van der Waals surface area contributed by atoms with Gasteiger partial charge in [-0.1, -0.05) is 6.07 Å². The van der Waals surface area contributed by atoms with E-state index < -0.39 is 0 Å². The summed E-state index contributed by atoms with van der Waals surface area (Å²) in [5, 5.41) is 3.87. The molecule has 0 aliphatic rings. The highest BCUT2D eigenvalue weighted by atomic mass is 32.1. The van der Waals surface area contributed by atoms with Gasteiger partial charge in [-0.25, -0.2) is 9.78 Å². The van der Waals surface area contributed by atoms with E-state index in [-0.39, 0.29) is 18.0 Å². The van der Waals surface area contributed by atoms with Crippen LogP contribution in [-0.4, -0.2) is 35.9 Å². The van der Waals surface area contributed by atoms with Crippen LogP contribution in [0.1, 0.15) is 35.5 Å². The zero-order valence-electron chi connectivity index (χ0n) is 15.5. The second-order valence-corrected chi connectivity index (χ2v) is 7.43. The van der Waals surface area contributed by atoms with Gasteiger partial charge in [0.2, 0.25) is 5.91 Å². The number of hydrogen-bond acceptors (Lipinski definition) is 4. The first-order valence-electron chi connectivity index (χ1n) is 8.02. The number of nitrogens with zero attached hydrogens (tertiary/aromatic N) is 3. The predicted molar refractivity (Wildman–Crippen MR) is 102 cm³/mol. The van der Waals surface area contributed by atoms with Gasteiger partial charge in [0.1, 0.15) is 0 Å². The molecular weight excluding hydrogens is 336 g/mol. The average Bonchev–Trinajstić information content (AvgIpc) is 2.91. The fourth-order valence-electron chi connectivity index (χ4n) is 2.48. The highest BCUT2D eigenvalue weighted by Gasteiger charge is 2.22. The average molecular weight is 360 g/mol. The molecule has 0 aliphatic heterocycles. The zero-order chi connectivity index (χ0) is 18.7. The van der Waals surface area contributed by atoms with E-state index in [1.54, 1.807) is 42.5 Å². The molecule has 0 radical (unpaired) electrons. The quantitative estimate of drug-likeness (QED) is 0.897. The Balaban J connectivity index is 2.12. The SMILES string of the molecule is CC(=O)N(C)c1cccc(NC(=O)N(C)[C@@H](C)c2nc(C)sc2C)c1. The van der Waals surface area contributed by atoms with Crippen molar-refractivity contribution in [2.75, 3.05) is 24.3 Å². The molecule has 134 valence electrons. The second kappa shape index (κ2) is 7.65. The Hall–Kier alpha value is -2.41. The summed E-state index contributed by atoms with van der Waals surface area (Å²) in [6, 6.07) is 6.85. The molecule has 2 aromatic rings. The minimum atomic E-state index is -0.222. The number of rotatable bonds is 4. The first kappa shape index (κ1) is 18.9. The van der Waals surface area contributed by atoms with Crippen LogP contribution in [0, 0.1) is 13.8 Å². The summed E-state index contributed by atoms with van der Waals surface area (Å²) in [5.41, 5.74) is 2.29. The Morgan fingerprint density at radius 3 is 2.48 bits per heavy atom. The molecule has 0 saturated heterocycles. The van der Waals surface area contributed by atoms with E-state index in [0.717, 1.165) is 21.3 Å². The van der Waals surface area contributed by atoms with Crippen molar-refractivity contribution in [3.05, 3.63) is 39.8 Å². The molecule has 0 spiro atoms. The summed E-state index contributed by atoms with van der Waals surface area (Å²) >= 11 is 1.63. The molecule has 1 N–H and O–H groups in total. The number of hydrogen-bond donors (Lipinski definition) is 1. The molecule has 0 fully saturated rings. The van der Waals surface area contributed by atoms with Crippen LogP contribution in [0.4, 0.5) is 16.2 Å². The van der Waals surface area contributed by atoms with Crippen LogP contribution in [0.15, 0.2) is 24.3 Å². The molecule has 6 nitrogen and oxygen atoms in total. The van der Waals surface area contributed by atoms with E-state index in [4.69, 9.17) is 0 Å². The van der Waals surface area contributed by atoms with Crippen molar-refractivity contribution in [3.63, 3.8) is 0 Å². The lowest BCUT2D eigenvalue weighted by molar-refractivity contribution is -0.116. The molecule has 0 bridgehead atoms. The molecule has 1 aromatic heterocycles. The molecule has 1 atom stereocenters. The lowest BCUT2D eigenvalue weighted by Gasteiger charge is -2.25. The Kier molecular flexibility index (Phi) is 5.79. The second-order valence-electron chi connectivity index (χ2n) is 6.02. The number of urea groups is 1. The molecule has 0 saturated carbocycles. The van der Waals surface area contributed by atoms with Crippen molar-refractivity contribution in [3.8, 4) is 0 Å². The van der Waals surface area contributed by atoms with Gasteiger partial charge >= 0.3 is 6.03 Å². The van der Waals surface area contributed by atoms with E-state index in [2.05, 4.69) is 10.3 Å². The highest BCUT2D eigenvalue weighted by Crippen LogP contribution is 2.27. The first-order valence-corrected chi connectivity index (χ1v) is 8.84. The lowest BCUT2D eigenvalue weighted by atomic mass is 10.2. The Bertz CT molecular complexity index is 787. The van der Waals surface area contributed by atoms with Crippen molar-refractivity contribution in [2.24, 2.45) is 0 Å². The van der Waals surface area contributed by atoms with Gasteiger partial charge in [0, 0.05) is 37.3 Å². The summed E-state index contributed by atoms with van der Waals surface area (Å²) in [6.07, 6.45) is 0. The first-order chi connectivity index (χ1) is 11.7. The number of aromatic nitrogens is 1. The van der Waals surface area contributed by atoms with Crippen LogP contribution in [0.3, 0.4) is 0 Å². The van der Waals surface area contributed by atoms with Gasteiger partial charge in [-0.3, -0.25) is 4.79 Å². The number of amides is 3. The molecular formula is C18H24N4O2S. The molecule has 1 aromatic carbocycles. The molecule has 0 unspecified atom stereocenters. The number of nitrogens with one attached hydrogen (secondary N) is 1. The van der Waals surface area contributed by atoms with Crippen molar-refractivity contribution < 1.29 is 9.59 Å². The number of benzene rings is 1. The maximum absolute atomic E-state index is 12.6. The van der Waals surface area contributed by atoms with Gasteiger partial charge in [-0.15, -0.1) is 11.3 Å². The van der Waals surface area contributed by atoms with Crippen LogP contribution in [0.25, 0.3) is 0 Å². The number of anilines is 2. The third-order valence-electron chi connectivity index (χ3n) is 4.19. The summed E-state index contributed by atoms with van der Waals surface area (Å²) in [4.78, 5) is 32.9. The van der Waals surface area contributed by atoms with Gasteiger partial charge in [-0.05, 0) is 39.0 Å². The zero-order valence-corrected chi connectivity index (χ0v) is 16.3. The Morgan fingerprint density at radius 1 is 1.24 bits per heavy atom. The lowest BCUT2D eigenvalue weighted by Crippen LogP contribution is -2.34. The normalized spacial score (nSPS) is 11.8. The van der Waals surface area contributed by atoms with Gasteiger partial charge in [-0.2, -0.15) is 0 Å². The number of carbonyl (C=O) groups excluding carboxylic acids is 2. The summed E-state index contributed by atoms with van der Waals surface area (Å²) in [5.74, 6) is -0.0661. The maximum atomic E-state index is 12.6. The standard InChI is InChI=1S/C18H24N4O2S/c1-11(17-12(2)25-13(3)19-17)21(5)18(24)20-15-8-7-9-16(10-15)22(6)14(4)23/h7-11H,1-6H3,(H,20,24)/t11-/m0/s1. The summed E-state index contributed by atoms with van der Waals surface area (Å²) in [6.45, 7) is 7.44. The van der Waals surface area contributed by atoms with Gasteiger partial charge in [0.15, 0.2) is 0 Å². The van der Waals surface area contributed by atoms with E-state index in [0.29, 0.717) is 5.69 Å². The number of aryl methyl sites for hydroxylation is 2. The van der Waals surface area contributed by atoms with Crippen LogP contribution in [-0.2, 0) is 4.79 Å². The summed E-state index contributed by atoms with van der Waals surface area (Å²) < 4.78 is 0. The highest BCUT2D eigenvalue weighted by molar-refractivity contribution is 7.11. The van der Waals surface area contributed by atoms with Crippen LogP contribution >= 0.6 is 11.3 Å². The monoisotopic (exact) mass is 360 g/mol. The fraction of sp³-hybridized carbons (Fsp3) is 0.389. The topological polar surface area (TPSA) is 65.5 Å². The van der Waals surface area contributed by atoms with Crippen molar-refractivity contribution in [1.82, 2.24) is 9.88 Å². The van der Waals surface area contributed by atoms with Crippen LogP contribution in [0.5, 0.6) is 0 Å². The minimum absolute atomic E-state index is 0.0661. The van der Waals surface area contributed by atoms with Crippen molar-refractivity contribution >= 4 is 34.6 Å². The van der Waals surface area contributed by atoms with E-state index in [1.807, 2.05) is 32.9 Å². The van der Waals surface area contributed by atoms with Gasteiger partial charge < -0.3 is 15.1 Å². The maximum Gasteiger partial charge on any atom is 0.322 e. The third kappa shape index (κ3) is 4.36. The molecule has 7 heteroatoms. The number of thiazole rings is 1. The van der Waals surface area contributed by atoms with Crippen molar-refractivity contribution in [2.45, 2.75) is 33.7 Å². The number of carbonyl (C=O) groups is 2. The molecule has 0 aliphatic carbocycles. The third-order valence-corrected chi connectivity index (χ3v) is 5.10.